The molecule has 0 radical (unpaired) electrons. The molecule has 1 aromatic rings. The van der Waals surface area contributed by atoms with Crippen molar-refractivity contribution in [3.05, 3.63) is 84.5 Å². The van der Waals surface area contributed by atoms with Crippen molar-refractivity contribution in [2.75, 3.05) is 6.54 Å². The van der Waals surface area contributed by atoms with Crippen molar-refractivity contribution in [3.8, 4) is 0 Å². The highest BCUT2D eigenvalue weighted by Gasteiger charge is 2.10. The van der Waals surface area contributed by atoms with Gasteiger partial charge < -0.3 is 5.32 Å². The third-order valence-electron chi connectivity index (χ3n) is 16.8. The SMILES string of the molecule is C=C(C)CCCCCCCCCCCCNC(=C)c1cc(CC)cc(C(=C)C)c1.C=C(CCCCCCCCC)CC(CC)CCC.C=C(CCCCCCCCC)CC(CC)CCCCC.CCC.CCCCC.CCCCCC(C)CC. The molecule has 1 rings (SSSR count). The van der Waals surface area contributed by atoms with E-state index in [9.17, 15) is 0 Å². The molecule has 3 unspecified atom stereocenters. The van der Waals surface area contributed by atoms with Crippen LogP contribution in [-0.4, -0.2) is 6.54 Å². The zero-order valence-electron chi connectivity index (χ0n) is 61.4. The summed E-state index contributed by atoms with van der Waals surface area (Å²) in [6.07, 6.45) is 63.9. The Morgan fingerprint density at radius 2 is 0.726 bits per heavy atom. The first-order chi connectivity index (χ1) is 40.6. The highest BCUT2D eigenvalue weighted by molar-refractivity contribution is 5.70. The normalized spacial score (nSPS) is 11.6. The van der Waals surface area contributed by atoms with Gasteiger partial charge >= 0.3 is 0 Å². The second-order valence-corrected chi connectivity index (χ2v) is 26.3. The van der Waals surface area contributed by atoms with E-state index >= 15 is 0 Å². The van der Waals surface area contributed by atoms with Crippen molar-refractivity contribution in [1.82, 2.24) is 5.32 Å². The van der Waals surface area contributed by atoms with E-state index in [-0.39, 0.29) is 0 Å². The van der Waals surface area contributed by atoms with Crippen LogP contribution in [-0.2, 0) is 6.42 Å². The summed E-state index contributed by atoms with van der Waals surface area (Å²) in [5.41, 5.74) is 10.3. The third-order valence-corrected chi connectivity index (χ3v) is 16.8. The fourth-order valence-corrected chi connectivity index (χ4v) is 10.6. The molecule has 0 spiro atoms. The first kappa shape index (κ1) is 90.5. The number of unbranched alkanes of at least 4 members (excludes halogenated alkanes) is 27. The lowest BCUT2D eigenvalue weighted by atomic mass is 9.90. The van der Waals surface area contributed by atoms with E-state index in [1.54, 1.807) is 0 Å². The van der Waals surface area contributed by atoms with Crippen LogP contribution in [0.2, 0.25) is 0 Å². The van der Waals surface area contributed by atoms with Gasteiger partial charge in [0.05, 0.1) is 0 Å². The second kappa shape index (κ2) is 75.0. The maximum absolute atomic E-state index is 4.32. The van der Waals surface area contributed by atoms with Gasteiger partial charge in [-0.3, -0.25) is 0 Å². The average molecular weight is 1170 g/mol. The molecule has 1 heteroatoms. The van der Waals surface area contributed by atoms with Crippen LogP contribution >= 0.6 is 0 Å². The number of nitrogens with one attached hydrogen (secondary N) is 1. The highest BCUT2D eigenvalue weighted by Crippen LogP contribution is 2.26. The van der Waals surface area contributed by atoms with Crippen molar-refractivity contribution in [2.45, 2.75) is 413 Å². The Labute approximate surface area is 535 Å². The summed E-state index contributed by atoms with van der Waals surface area (Å²) in [5, 5.41) is 3.52. The lowest BCUT2D eigenvalue weighted by molar-refractivity contribution is 0.435. The highest BCUT2D eigenvalue weighted by atomic mass is 14.9. The summed E-state index contributed by atoms with van der Waals surface area (Å²) >= 11 is 0. The van der Waals surface area contributed by atoms with Crippen molar-refractivity contribution in [2.24, 2.45) is 17.8 Å². The Hall–Kier alpha value is -2.28. The van der Waals surface area contributed by atoms with E-state index in [4.69, 9.17) is 0 Å². The van der Waals surface area contributed by atoms with Gasteiger partial charge in [0.25, 0.3) is 0 Å². The van der Waals surface area contributed by atoms with Crippen molar-refractivity contribution in [1.29, 1.82) is 0 Å². The second-order valence-electron chi connectivity index (χ2n) is 26.3. The molecule has 84 heavy (non-hydrogen) atoms. The lowest BCUT2D eigenvalue weighted by Crippen LogP contribution is -2.13. The molecule has 0 bridgehead atoms. The van der Waals surface area contributed by atoms with Crippen LogP contribution in [0.25, 0.3) is 11.3 Å². The largest absolute Gasteiger partial charge is 0.385 e. The topological polar surface area (TPSA) is 12.0 Å². The number of hydrogen-bond donors (Lipinski definition) is 1. The van der Waals surface area contributed by atoms with Gasteiger partial charge in [-0.15, -0.1) is 6.58 Å². The molecule has 0 heterocycles. The molecule has 3 atom stereocenters. The first-order valence-electron chi connectivity index (χ1n) is 37.8. The van der Waals surface area contributed by atoms with Crippen LogP contribution in [0.1, 0.15) is 423 Å². The molecule has 0 aliphatic rings. The zero-order chi connectivity index (χ0) is 64.1. The molecule has 0 saturated carbocycles. The molecule has 0 aliphatic heterocycles. The predicted molar refractivity (Wildman–Crippen MR) is 397 cm³/mol. The molecule has 0 fully saturated rings. The van der Waals surface area contributed by atoms with E-state index in [0.29, 0.717) is 0 Å². The van der Waals surface area contributed by atoms with Gasteiger partial charge in [-0.25, -0.2) is 0 Å². The van der Waals surface area contributed by atoms with Crippen LogP contribution in [0.3, 0.4) is 0 Å². The Morgan fingerprint density at radius 1 is 0.369 bits per heavy atom. The summed E-state index contributed by atoms with van der Waals surface area (Å²) in [6.45, 7) is 57.7. The first-order valence-corrected chi connectivity index (χ1v) is 37.8. The molecule has 0 saturated heterocycles. The molecule has 1 aromatic carbocycles. The maximum atomic E-state index is 4.32. The number of aryl methyl sites for hydroxylation is 1. The summed E-state index contributed by atoms with van der Waals surface area (Å²) < 4.78 is 0. The van der Waals surface area contributed by atoms with Gasteiger partial charge in [-0.1, -0.05) is 389 Å². The van der Waals surface area contributed by atoms with E-state index in [2.05, 4.69) is 167 Å². The molecule has 1 nitrogen and oxygen atoms in total. The van der Waals surface area contributed by atoms with Crippen LogP contribution in [0.4, 0.5) is 0 Å². The van der Waals surface area contributed by atoms with Crippen molar-refractivity contribution in [3.63, 3.8) is 0 Å². The van der Waals surface area contributed by atoms with E-state index in [1.165, 1.54) is 329 Å². The summed E-state index contributed by atoms with van der Waals surface area (Å²) in [7, 11) is 0. The monoisotopic (exact) mass is 1170 g/mol. The van der Waals surface area contributed by atoms with Gasteiger partial charge in [-0.2, -0.15) is 0 Å². The fraction of sp³-hybridized carbons (Fsp3) is 0.807. The van der Waals surface area contributed by atoms with E-state index < -0.39 is 0 Å². The Morgan fingerprint density at radius 3 is 1.08 bits per heavy atom. The summed E-state index contributed by atoms with van der Waals surface area (Å²) in [4.78, 5) is 0. The average Bonchev–Trinajstić information content (AvgIpc) is 3.50. The number of allylic oxidation sites excluding steroid dienone is 4. The van der Waals surface area contributed by atoms with E-state index in [1.807, 2.05) is 0 Å². The molecular formula is C83H161N. The number of hydrogen-bond acceptors (Lipinski definition) is 1. The molecular weight excluding hydrogens is 1010 g/mol. The van der Waals surface area contributed by atoms with Crippen LogP contribution < -0.4 is 5.32 Å². The fourth-order valence-electron chi connectivity index (χ4n) is 10.6. The summed E-state index contributed by atoms with van der Waals surface area (Å²) in [5.74, 6) is 2.75. The lowest BCUT2D eigenvalue weighted by Gasteiger charge is -2.16. The third kappa shape index (κ3) is 72.2. The minimum absolute atomic E-state index is 0.895. The molecule has 0 amide bonds. The smallest absolute Gasteiger partial charge is 0.0341 e. The molecule has 498 valence electrons. The zero-order valence-corrected chi connectivity index (χ0v) is 61.4. The maximum Gasteiger partial charge on any atom is 0.0341 e. The standard InChI is InChI=1S/C28H45N.C20H40.C18H36.C9H20.C5H12.C3H8/c1-7-26-20-27(24(4)5)22-28(21-26)25(6)29-19-17-15-13-11-9-8-10-12-14-16-18-23(2)3;1-5-8-10-11-12-13-15-16-19(4)18-20(7-3)17-14-9-6-2;1-5-8-9-10-11-12-13-15-17(4)16-18(7-3)14-6-2;1-4-6-7-8-9(3)5-2;1-3-5-4-2;1-3-2/h20-22,29H,2,4,6-19H2,1,3,5H3;20H,4-18H2,1-3H3;18H,4-16H2,1-3H3;9H,4-8H2,1-3H3;3-5H2,1-2H3;3H2,1-2H3. The van der Waals surface area contributed by atoms with Crippen LogP contribution in [0.15, 0.2) is 67.8 Å². The van der Waals surface area contributed by atoms with Gasteiger partial charge in [-0.05, 0) is 125 Å². The van der Waals surface area contributed by atoms with Gasteiger partial charge in [0.15, 0.2) is 0 Å². The molecule has 0 aromatic heterocycles. The van der Waals surface area contributed by atoms with Gasteiger partial charge in [0.1, 0.15) is 0 Å². The van der Waals surface area contributed by atoms with Gasteiger partial charge in [0, 0.05) is 12.2 Å². The van der Waals surface area contributed by atoms with Crippen LogP contribution in [0.5, 0.6) is 0 Å². The number of rotatable bonds is 52. The Bertz CT molecular complexity index is 1510. The Balaban J connectivity index is -0.000000333. The summed E-state index contributed by atoms with van der Waals surface area (Å²) in [6, 6.07) is 6.69. The number of benzene rings is 1. The Kier molecular flexibility index (Phi) is 80.7. The molecule has 0 aliphatic carbocycles. The van der Waals surface area contributed by atoms with Crippen molar-refractivity contribution >= 4 is 11.3 Å². The molecule has 1 N–H and O–H groups in total. The van der Waals surface area contributed by atoms with Gasteiger partial charge in [0.2, 0.25) is 0 Å². The van der Waals surface area contributed by atoms with E-state index in [0.717, 1.165) is 42.0 Å². The minimum Gasteiger partial charge on any atom is -0.385 e. The minimum atomic E-state index is 0.895. The predicted octanol–water partition coefficient (Wildman–Crippen LogP) is 30.5. The van der Waals surface area contributed by atoms with Crippen molar-refractivity contribution < 1.29 is 0 Å². The quantitative estimate of drug-likeness (QED) is 0.0506. The van der Waals surface area contributed by atoms with Crippen LogP contribution in [0, 0.1) is 17.8 Å².